The van der Waals surface area contributed by atoms with E-state index >= 15 is 0 Å². The van der Waals surface area contributed by atoms with Gasteiger partial charge in [0.1, 0.15) is 11.8 Å². The van der Waals surface area contributed by atoms with Crippen LogP contribution in [-0.4, -0.2) is 35.4 Å². The van der Waals surface area contributed by atoms with Crippen molar-refractivity contribution < 1.29 is 14.3 Å². The number of amides is 2. The van der Waals surface area contributed by atoms with E-state index in [-0.39, 0.29) is 31.0 Å². The fourth-order valence-corrected chi connectivity index (χ4v) is 3.42. The lowest BCUT2D eigenvalue weighted by Crippen LogP contribution is -2.51. The van der Waals surface area contributed by atoms with Crippen LogP contribution in [0.5, 0.6) is 5.75 Å². The van der Waals surface area contributed by atoms with Crippen LogP contribution in [0.4, 0.5) is 0 Å². The van der Waals surface area contributed by atoms with Crippen LogP contribution in [0.25, 0.3) is 0 Å². The molecular formula is C25H33ClN2O3. The lowest BCUT2D eigenvalue weighted by Gasteiger charge is -2.31. The Hall–Kier alpha value is -2.53. The molecule has 2 amide bonds. The summed E-state index contributed by atoms with van der Waals surface area (Å²) in [6.45, 7) is 8.04. The Labute approximate surface area is 190 Å². The summed E-state index contributed by atoms with van der Waals surface area (Å²) in [5.41, 5.74) is 1.99. The van der Waals surface area contributed by atoms with E-state index in [2.05, 4.69) is 12.2 Å². The highest BCUT2D eigenvalue weighted by atomic mass is 35.5. The first-order valence-corrected chi connectivity index (χ1v) is 11.3. The molecule has 0 aromatic heterocycles. The summed E-state index contributed by atoms with van der Waals surface area (Å²) in [5.74, 6) is 0.204. The lowest BCUT2D eigenvalue weighted by molar-refractivity contribution is -0.143. The fraction of sp³-hybridized carbons (Fsp3) is 0.440. The van der Waals surface area contributed by atoms with Crippen LogP contribution < -0.4 is 10.1 Å². The molecule has 0 aliphatic rings. The standard InChI is InChI=1S/C25H33ClN2O3/c1-5-18(4)27-25(30)23(7-3)28(16-20-10-8-9-11-22(20)26)24(29)17-31-21-14-12-19(6-2)13-15-21/h8-15,18,23H,5-7,16-17H2,1-4H3,(H,27,30)/t18-,23+/m1/s1. The maximum Gasteiger partial charge on any atom is 0.261 e. The second kappa shape index (κ2) is 12.4. The van der Waals surface area contributed by atoms with E-state index in [4.69, 9.17) is 16.3 Å². The van der Waals surface area contributed by atoms with Gasteiger partial charge in [-0.25, -0.2) is 0 Å². The Morgan fingerprint density at radius 2 is 1.71 bits per heavy atom. The van der Waals surface area contributed by atoms with Crippen molar-refractivity contribution in [1.29, 1.82) is 0 Å². The lowest BCUT2D eigenvalue weighted by atomic mass is 10.1. The van der Waals surface area contributed by atoms with E-state index in [1.165, 1.54) is 5.56 Å². The number of ether oxygens (including phenoxy) is 1. The molecule has 0 radical (unpaired) electrons. The van der Waals surface area contributed by atoms with Gasteiger partial charge in [0.25, 0.3) is 5.91 Å². The molecule has 0 saturated carbocycles. The quantitative estimate of drug-likeness (QED) is 0.530. The van der Waals surface area contributed by atoms with Crippen molar-refractivity contribution in [2.45, 2.75) is 65.6 Å². The number of halogens is 1. The summed E-state index contributed by atoms with van der Waals surface area (Å²) in [6, 6.07) is 14.5. The first-order valence-electron chi connectivity index (χ1n) is 10.9. The number of rotatable bonds is 11. The highest BCUT2D eigenvalue weighted by molar-refractivity contribution is 6.31. The van der Waals surface area contributed by atoms with Crippen LogP contribution in [0.1, 0.15) is 51.7 Å². The number of hydrogen-bond donors (Lipinski definition) is 1. The molecule has 168 valence electrons. The number of nitrogens with zero attached hydrogens (tertiary/aromatic N) is 1. The zero-order valence-electron chi connectivity index (χ0n) is 18.9. The van der Waals surface area contributed by atoms with Gasteiger partial charge in [-0.2, -0.15) is 0 Å². The van der Waals surface area contributed by atoms with E-state index in [1.54, 1.807) is 11.0 Å². The van der Waals surface area contributed by atoms with Crippen molar-refractivity contribution in [3.8, 4) is 5.75 Å². The number of benzene rings is 2. The molecule has 1 N–H and O–H groups in total. The maximum atomic E-state index is 13.2. The molecular weight excluding hydrogens is 412 g/mol. The smallest absolute Gasteiger partial charge is 0.261 e. The predicted octanol–water partition coefficient (Wildman–Crippen LogP) is 5.00. The molecule has 0 unspecified atom stereocenters. The van der Waals surface area contributed by atoms with Crippen LogP contribution >= 0.6 is 11.6 Å². The van der Waals surface area contributed by atoms with Gasteiger partial charge in [-0.05, 0) is 55.5 Å². The second-order valence-electron chi connectivity index (χ2n) is 7.64. The van der Waals surface area contributed by atoms with Gasteiger partial charge in [0.2, 0.25) is 5.91 Å². The normalized spacial score (nSPS) is 12.7. The van der Waals surface area contributed by atoms with Crippen molar-refractivity contribution >= 4 is 23.4 Å². The van der Waals surface area contributed by atoms with Crippen molar-refractivity contribution in [3.63, 3.8) is 0 Å². The minimum Gasteiger partial charge on any atom is -0.484 e. The Kier molecular flexibility index (Phi) is 9.86. The van der Waals surface area contributed by atoms with E-state index in [0.29, 0.717) is 17.2 Å². The summed E-state index contributed by atoms with van der Waals surface area (Å²) < 4.78 is 5.74. The van der Waals surface area contributed by atoms with Crippen molar-refractivity contribution in [1.82, 2.24) is 10.2 Å². The first-order chi connectivity index (χ1) is 14.9. The van der Waals surface area contributed by atoms with Crippen molar-refractivity contribution in [2.75, 3.05) is 6.61 Å². The fourth-order valence-electron chi connectivity index (χ4n) is 3.22. The van der Waals surface area contributed by atoms with Crippen LogP contribution in [-0.2, 0) is 22.6 Å². The molecule has 5 nitrogen and oxygen atoms in total. The third kappa shape index (κ3) is 7.28. The maximum absolute atomic E-state index is 13.2. The Morgan fingerprint density at radius 1 is 1.03 bits per heavy atom. The van der Waals surface area contributed by atoms with Crippen LogP contribution in [0.15, 0.2) is 48.5 Å². The molecule has 2 aromatic rings. The predicted molar refractivity (Wildman–Crippen MR) is 125 cm³/mol. The van der Waals surface area contributed by atoms with E-state index in [0.717, 1.165) is 18.4 Å². The molecule has 0 spiro atoms. The van der Waals surface area contributed by atoms with Crippen molar-refractivity contribution in [2.24, 2.45) is 0 Å². The number of carbonyl (C=O) groups excluding carboxylic acids is 2. The monoisotopic (exact) mass is 444 g/mol. The van der Waals surface area contributed by atoms with Crippen LogP contribution in [0, 0.1) is 0 Å². The van der Waals surface area contributed by atoms with Crippen molar-refractivity contribution in [3.05, 3.63) is 64.7 Å². The minimum atomic E-state index is -0.608. The second-order valence-corrected chi connectivity index (χ2v) is 8.05. The number of hydrogen-bond acceptors (Lipinski definition) is 3. The Balaban J connectivity index is 2.20. The summed E-state index contributed by atoms with van der Waals surface area (Å²) >= 11 is 6.34. The Bertz CT molecular complexity index is 854. The molecule has 0 heterocycles. The molecule has 0 aliphatic heterocycles. The van der Waals surface area contributed by atoms with E-state index in [1.807, 2.05) is 63.2 Å². The van der Waals surface area contributed by atoms with Gasteiger partial charge in [-0.15, -0.1) is 0 Å². The first kappa shape index (κ1) is 24.7. The van der Waals surface area contributed by atoms with Gasteiger partial charge < -0.3 is 15.0 Å². The summed E-state index contributed by atoms with van der Waals surface area (Å²) in [5, 5.41) is 3.56. The summed E-state index contributed by atoms with van der Waals surface area (Å²) in [6.07, 6.45) is 2.25. The number of carbonyl (C=O) groups is 2. The molecule has 0 aliphatic carbocycles. The Morgan fingerprint density at radius 3 is 2.29 bits per heavy atom. The van der Waals surface area contributed by atoms with Gasteiger partial charge in [0, 0.05) is 17.6 Å². The van der Waals surface area contributed by atoms with Crippen LogP contribution in [0.2, 0.25) is 5.02 Å². The zero-order valence-corrected chi connectivity index (χ0v) is 19.6. The molecule has 31 heavy (non-hydrogen) atoms. The van der Waals surface area contributed by atoms with Gasteiger partial charge >= 0.3 is 0 Å². The van der Waals surface area contributed by atoms with E-state index in [9.17, 15) is 9.59 Å². The molecule has 0 saturated heterocycles. The molecule has 2 atom stereocenters. The van der Waals surface area contributed by atoms with E-state index < -0.39 is 6.04 Å². The van der Waals surface area contributed by atoms with Gasteiger partial charge in [0.05, 0.1) is 0 Å². The average molecular weight is 445 g/mol. The summed E-state index contributed by atoms with van der Waals surface area (Å²) in [4.78, 5) is 27.7. The largest absolute Gasteiger partial charge is 0.484 e. The number of nitrogens with one attached hydrogen (secondary N) is 1. The summed E-state index contributed by atoms with van der Waals surface area (Å²) in [7, 11) is 0. The third-order valence-electron chi connectivity index (χ3n) is 5.38. The van der Waals surface area contributed by atoms with Gasteiger partial charge in [0.15, 0.2) is 6.61 Å². The SMILES string of the molecule is CCc1ccc(OCC(=O)N(Cc2ccccc2Cl)[C@@H](CC)C(=O)N[C@H](C)CC)cc1. The number of aryl methyl sites for hydroxylation is 1. The third-order valence-corrected chi connectivity index (χ3v) is 5.75. The zero-order chi connectivity index (χ0) is 22.8. The molecule has 0 fully saturated rings. The molecule has 6 heteroatoms. The average Bonchev–Trinajstić information content (AvgIpc) is 2.78. The molecule has 2 rings (SSSR count). The van der Waals surface area contributed by atoms with Gasteiger partial charge in [-0.3, -0.25) is 9.59 Å². The topological polar surface area (TPSA) is 58.6 Å². The molecule has 0 bridgehead atoms. The highest BCUT2D eigenvalue weighted by Crippen LogP contribution is 2.20. The highest BCUT2D eigenvalue weighted by Gasteiger charge is 2.30. The van der Waals surface area contributed by atoms with Crippen LogP contribution in [0.3, 0.4) is 0 Å². The molecule has 2 aromatic carbocycles. The minimum absolute atomic E-state index is 0.0344. The van der Waals surface area contributed by atoms with Gasteiger partial charge in [-0.1, -0.05) is 62.7 Å².